The molecule has 2 nitrogen and oxygen atoms in total. The maximum Gasteiger partial charge on any atom is 0.111 e. The van der Waals surface area contributed by atoms with Crippen LogP contribution in [0.4, 0.5) is 0 Å². The average Bonchev–Trinajstić information content (AvgIpc) is 3.06. The summed E-state index contributed by atoms with van der Waals surface area (Å²) in [6.07, 6.45) is 1.69. The van der Waals surface area contributed by atoms with Gasteiger partial charge >= 0.3 is 0 Å². The highest BCUT2D eigenvalue weighted by atomic mass is 35.5. The first-order valence-corrected chi connectivity index (χ1v) is 8.83. The zero-order valence-electron chi connectivity index (χ0n) is 11.2. The molecular weight excluding hydrogens is 347 g/mol. The third kappa shape index (κ3) is 3.21. The molecule has 0 N–H and O–H groups in total. The van der Waals surface area contributed by atoms with Gasteiger partial charge in [-0.25, -0.2) is 4.98 Å². The van der Waals surface area contributed by atoms with Gasteiger partial charge in [0.05, 0.1) is 21.1 Å². The molecule has 0 aliphatic carbocycles. The lowest BCUT2D eigenvalue weighted by atomic mass is 10.2. The average molecular weight is 360 g/mol. The minimum absolute atomic E-state index is 0.532. The molecule has 0 aliphatic heterocycles. The number of alkyl halides is 1. The maximum atomic E-state index is 6.15. The zero-order valence-corrected chi connectivity index (χ0v) is 14.2. The summed E-state index contributed by atoms with van der Waals surface area (Å²) in [5, 5.41) is 5.35. The van der Waals surface area contributed by atoms with Crippen LogP contribution in [-0.2, 0) is 19.4 Å². The summed E-state index contributed by atoms with van der Waals surface area (Å²) in [4.78, 5) is 4.64. The molecule has 1 aromatic carbocycles. The van der Waals surface area contributed by atoms with Crippen molar-refractivity contribution in [1.29, 1.82) is 0 Å². The molecule has 0 saturated carbocycles. The molecule has 0 radical (unpaired) electrons. The molecule has 6 heteroatoms. The lowest BCUT2D eigenvalue weighted by Crippen LogP contribution is -2.06. The van der Waals surface area contributed by atoms with Gasteiger partial charge in [-0.05, 0) is 40.9 Å². The predicted octanol–water partition coefficient (Wildman–Crippen LogP) is 5.43. The highest BCUT2D eigenvalue weighted by Gasteiger charge is 2.13. The van der Waals surface area contributed by atoms with Crippen molar-refractivity contribution in [2.45, 2.75) is 19.4 Å². The molecule has 0 fully saturated rings. The van der Waals surface area contributed by atoms with Gasteiger partial charge < -0.3 is 4.57 Å². The minimum Gasteiger partial charge on any atom is -0.328 e. The second-order valence-electron chi connectivity index (χ2n) is 4.76. The number of aromatic nitrogens is 2. The number of halogens is 3. The van der Waals surface area contributed by atoms with Crippen LogP contribution in [0.15, 0.2) is 29.0 Å². The fraction of sp³-hybridized carbons (Fsp3) is 0.267. The van der Waals surface area contributed by atoms with Crippen molar-refractivity contribution < 1.29 is 0 Å². The van der Waals surface area contributed by atoms with Crippen molar-refractivity contribution in [1.82, 2.24) is 9.55 Å². The van der Waals surface area contributed by atoms with E-state index < -0.39 is 0 Å². The summed E-state index contributed by atoms with van der Waals surface area (Å²) in [6, 6.07) is 5.85. The van der Waals surface area contributed by atoms with Crippen LogP contribution < -0.4 is 0 Å². The fourth-order valence-corrected chi connectivity index (χ4v) is 3.56. The van der Waals surface area contributed by atoms with Crippen LogP contribution in [0.1, 0.15) is 11.4 Å². The van der Waals surface area contributed by atoms with Gasteiger partial charge in [0.15, 0.2) is 0 Å². The number of nitrogens with zero attached hydrogens (tertiary/aromatic N) is 2. The van der Waals surface area contributed by atoms with Crippen molar-refractivity contribution in [2.24, 2.45) is 0 Å². The Balaban J connectivity index is 2.00. The van der Waals surface area contributed by atoms with E-state index in [1.807, 2.05) is 12.1 Å². The first-order chi connectivity index (χ1) is 10.2. The van der Waals surface area contributed by atoms with Gasteiger partial charge in [0.1, 0.15) is 5.82 Å². The van der Waals surface area contributed by atoms with E-state index in [1.165, 1.54) is 5.56 Å². The number of benzene rings is 1. The van der Waals surface area contributed by atoms with Gasteiger partial charge in [0.2, 0.25) is 0 Å². The van der Waals surface area contributed by atoms with E-state index in [1.54, 1.807) is 11.3 Å². The molecule has 2 aromatic heterocycles. The molecule has 0 bridgehead atoms. The van der Waals surface area contributed by atoms with Crippen molar-refractivity contribution in [3.05, 3.63) is 50.4 Å². The summed E-state index contributed by atoms with van der Waals surface area (Å²) in [6.45, 7) is 0.859. The number of fused-ring (bicyclic) bond motifs is 1. The second-order valence-corrected chi connectivity index (χ2v) is 6.73. The third-order valence-corrected chi connectivity index (χ3v) is 5.03. The molecule has 3 aromatic rings. The summed E-state index contributed by atoms with van der Waals surface area (Å²) >= 11 is 19.8. The molecule has 2 heterocycles. The molecule has 0 spiro atoms. The molecule has 0 unspecified atom stereocenters. The number of hydrogen-bond donors (Lipinski definition) is 0. The van der Waals surface area contributed by atoms with E-state index in [4.69, 9.17) is 34.8 Å². The highest BCUT2D eigenvalue weighted by molar-refractivity contribution is 7.07. The van der Waals surface area contributed by atoms with Crippen LogP contribution in [-0.4, -0.2) is 15.4 Å². The highest BCUT2D eigenvalue weighted by Crippen LogP contribution is 2.29. The van der Waals surface area contributed by atoms with Crippen LogP contribution in [0.5, 0.6) is 0 Å². The molecule has 21 heavy (non-hydrogen) atoms. The molecule has 110 valence electrons. The van der Waals surface area contributed by atoms with Crippen LogP contribution in [0.2, 0.25) is 10.0 Å². The summed E-state index contributed by atoms with van der Waals surface area (Å²) < 4.78 is 2.19. The zero-order chi connectivity index (χ0) is 14.8. The maximum absolute atomic E-state index is 6.15. The van der Waals surface area contributed by atoms with Crippen LogP contribution >= 0.6 is 46.1 Å². The summed E-state index contributed by atoms with van der Waals surface area (Å²) in [5.41, 5.74) is 3.22. The van der Waals surface area contributed by atoms with E-state index in [9.17, 15) is 0 Å². The number of imidazole rings is 1. The third-order valence-electron chi connectivity index (χ3n) is 3.39. The van der Waals surface area contributed by atoms with Gasteiger partial charge in [-0.2, -0.15) is 11.3 Å². The number of hydrogen-bond acceptors (Lipinski definition) is 2. The van der Waals surface area contributed by atoms with Gasteiger partial charge in [-0.3, -0.25) is 0 Å². The van der Waals surface area contributed by atoms with Gasteiger partial charge in [-0.1, -0.05) is 23.2 Å². The first-order valence-electron chi connectivity index (χ1n) is 6.60. The number of rotatable bonds is 5. The second kappa shape index (κ2) is 6.57. The molecule has 0 atom stereocenters. The minimum atomic E-state index is 0.532. The van der Waals surface area contributed by atoms with Crippen molar-refractivity contribution in [3.63, 3.8) is 0 Å². The Morgan fingerprint density at radius 2 is 1.95 bits per heavy atom. The molecule has 3 rings (SSSR count). The van der Waals surface area contributed by atoms with E-state index in [0.717, 1.165) is 36.2 Å². The van der Waals surface area contributed by atoms with Gasteiger partial charge in [0, 0.05) is 18.8 Å². The lowest BCUT2D eigenvalue weighted by Gasteiger charge is -2.08. The van der Waals surface area contributed by atoms with Crippen molar-refractivity contribution >= 4 is 57.2 Å². The molecular formula is C15H13Cl3N2S. The van der Waals surface area contributed by atoms with E-state index in [2.05, 4.69) is 26.4 Å². The van der Waals surface area contributed by atoms with E-state index in [0.29, 0.717) is 15.9 Å². The Kier molecular flexibility index (Phi) is 4.75. The smallest absolute Gasteiger partial charge is 0.111 e. The fourth-order valence-electron chi connectivity index (χ4n) is 2.37. The standard InChI is InChI=1S/C15H13Cl3N2S/c16-4-1-15-19-13-7-11(17)12(18)8-14(13)20(15)5-2-10-3-6-21-9-10/h3,6-9H,1-2,4-5H2. The largest absolute Gasteiger partial charge is 0.328 e. The Morgan fingerprint density at radius 3 is 2.67 bits per heavy atom. The van der Waals surface area contributed by atoms with Crippen LogP contribution in [0.3, 0.4) is 0 Å². The van der Waals surface area contributed by atoms with E-state index >= 15 is 0 Å². The van der Waals surface area contributed by atoms with Crippen LogP contribution in [0, 0.1) is 0 Å². The first kappa shape index (κ1) is 15.2. The quantitative estimate of drug-likeness (QED) is 0.555. The van der Waals surface area contributed by atoms with E-state index in [-0.39, 0.29) is 0 Å². The summed E-state index contributed by atoms with van der Waals surface area (Å²) in [7, 11) is 0. The number of thiophene rings is 1. The normalized spacial score (nSPS) is 11.4. The molecule has 0 amide bonds. The van der Waals surface area contributed by atoms with Gasteiger partial charge in [0.25, 0.3) is 0 Å². The Bertz CT molecular complexity index is 750. The monoisotopic (exact) mass is 358 g/mol. The summed E-state index contributed by atoms with van der Waals surface area (Å²) in [5.74, 6) is 1.53. The van der Waals surface area contributed by atoms with Crippen molar-refractivity contribution in [3.8, 4) is 0 Å². The Hall–Kier alpha value is -0.740. The van der Waals surface area contributed by atoms with Crippen LogP contribution in [0.25, 0.3) is 11.0 Å². The number of aryl methyl sites for hydroxylation is 3. The SMILES string of the molecule is ClCCc1nc2cc(Cl)c(Cl)cc2n1CCc1ccsc1. The Labute approximate surface area is 142 Å². The van der Waals surface area contributed by atoms with Gasteiger partial charge in [-0.15, -0.1) is 11.6 Å². The topological polar surface area (TPSA) is 17.8 Å². The Morgan fingerprint density at radius 1 is 1.14 bits per heavy atom. The predicted molar refractivity (Wildman–Crippen MR) is 92.2 cm³/mol. The molecule has 0 saturated heterocycles. The molecule has 0 aliphatic rings. The lowest BCUT2D eigenvalue weighted by molar-refractivity contribution is 0.676. The van der Waals surface area contributed by atoms with Crippen molar-refractivity contribution in [2.75, 3.05) is 5.88 Å².